The number of rotatable bonds is 14. The highest BCUT2D eigenvalue weighted by molar-refractivity contribution is 8.02. The molecule has 0 aromatic heterocycles. The third-order valence-electron chi connectivity index (χ3n) is 2.61. The number of thioether (sulfide) groups is 2. The van der Waals surface area contributed by atoms with E-state index in [2.05, 4.69) is 13.8 Å². The van der Waals surface area contributed by atoms with E-state index in [-0.39, 0.29) is 25.2 Å². The molecule has 4 nitrogen and oxygen atoms in total. The van der Waals surface area contributed by atoms with E-state index in [1.165, 1.54) is 12.2 Å². The number of hydrogen-bond donors (Lipinski definition) is 0. The summed E-state index contributed by atoms with van der Waals surface area (Å²) in [4.78, 5) is 22.7. The molecule has 0 heterocycles. The second kappa shape index (κ2) is 17.5. The molecule has 0 fully saturated rings. The van der Waals surface area contributed by atoms with Crippen molar-refractivity contribution in [3.63, 3.8) is 0 Å². The molecule has 0 rings (SSSR count). The van der Waals surface area contributed by atoms with E-state index in [1.807, 2.05) is 0 Å². The second-order valence-electron chi connectivity index (χ2n) is 4.74. The summed E-state index contributed by atoms with van der Waals surface area (Å²) in [5, 5.41) is 3.53. The molecule has 6 heteroatoms. The highest BCUT2D eigenvalue weighted by Crippen LogP contribution is 2.06. The molecule has 0 atom stereocenters. The first kappa shape index (κ1) is 22.1. The zero-order valence-corrected chi connectivity index (χ0v) is 15.8. The lowest BCUT2D eigenvalue weighted by Crippen LogP contribution is -2.07. The van der Waals surface area contributed by atoms with Gasteiger partial charge in [0.15, 0.2) is 0 Å². The average Bonchev–Trinajstić information content (AvgIpc) is 2.54. The Balaban J connectivity index is 3.49. The summed E-state index contributed by atoms with van der Waals surface area (Å²) < 4.78 is 10.0. The van der Waals surface area contributed by atoms with Crippen molar-refractivity contribution >= 4 is 35.5 Å². The minimum atomic E-state index is -0.354. The molecule has 0 amide bonds. The van der Waals surface area contributed by atoms with Crippen LogP contribution in [0.4, 0.5) is 0 Å². The van der Waals surface area contributed by atoms with Crippen molar-refractivity contribution in [2.75, 3.05) is 24.7 Å². The summed E-state index contributed by atoms with van der Waals surface area (Å²) in [5.41, 5.74) is 0. The molecule has 0 aliphatic rings. The van der Waals surface area contributed by atoms with Gasteiger partial charge in [0.25, 0.3) is 0 Å². The monoisotopic (exact) mass is 360 g/mol. The van der Waals surface area contributed by atoms with Gasteiger partial charge in [-0.1, -0.05) is 26.7 Å². The van der Waals surface area contributed by atoms with Crippen LogP contribution >= 0.6 is 23.5 Å². The molecule has 0 bridgehead atoms. The van der Waals surface area contributed by atoms with Crippen molar-refractivity contribution < 1.29 is 19.1 Å². The van der Waals surface area contributed by atoms with E-state index >= 15 is 0 Å². The Labute approximate surface area is 148 Å². The molecular weight excluding hydrogens is 332 g/mol. The van der Waals surface area contributed by atoms with Gasteiger partial charge in [0.05, 0.1) is 13.2 Å². The summed E-state index contributed by atoms with van der Waals surface area (Å²) >= 11 is 3.21. The summed E-state index contributed by atoms with van der Waals surface area (Å²) in [6, 6.07) is 0. The van der Waals surface area contributed by atoms with Gasteiger partial charge in [-0.2, -0.15) is 0 Å². The fraction of sp³-hybridized carbons (Fsp3) is 0.647. The molecule has 0 spiro atoms. The Hall–Kier alpha value is -0.880. The van der Waals surface area contributed by atoms with Crippen molar-refractivity contribution in [1.82, 2.24) is 0 Å². The first-order valence-electron chi connectivity index (χ1n) is 8.10. The number of unbranched alkanes of at least 4 members (excludes halogenated alkanes) is 2. The Bertz CT molecular complexity index is 334. The van der Waals surface area contributed by atoms with Gasteiger partial charge in [-0.25, -0.2) is 9.59 Å². The van der Waals surface area contributed by atoms with Crippen LogP contribution in [0, 0.1) is 0 Å². The molecule has 0 radical (unpaired) electrons. The van der Waals surface area contributed by atoms with Gasteiger partial charge >= 0.3 is 11.9 Å². The maximum Gasteiger partial charge on any atom is 0.331 e. The maximum atomic E-state index is 11.4. The minimum Gasteiger partial charge on any atom is -0.462 e. The Morgan fingerprint density at radius 3 is 1.61 bits per heavy atom. The molecule has 132 valence electrons. The first-order chi connectivity index (χ1) is 11.2. The standard InChI is InChI=1S/C17H28O4S2/c1-3-5-12-22-14-8-16(18)20-10-7-11-21-17(19)9-15-23-13-6-4-2/h8-9,14-15H,3-7,10-13H2,1-2H3/b14-8+,15-9?. The van der Waals surface area contributed by atoms with Gasteiger partial charge in [0.2, 0.25) is 0 Å². The SMILES string of the molecule is CCCCSC=CC(=O)OCCCOC(=O)/C=C/SCCCC. The van der Waals surface area contributed by atoms with Gasteiger partial charge < -0.3 is 9.47 Å². The van der Waals surface area contributed by atoms with Crippen LogP contribution in [0.3, 0.4) is 0 Å². The quantitative estimate of drug-likeness (QED) is 0.257. The predicted octanol–water partition coefficient (Wildman–Crippen LogP) is 4.56. The average molecular weight is 361 g/mol. The van der Waals surface area contributed by atoms with Gasteiger partial charge in [0.1, 0.15) is 0 Å². The van der Waals surface area contributed by atoms with Crippen molar-refractivity contribution in [2.45, 2.75) is 46.0 Å². The Morgan fingerprint density at radius 2 is 1.22 bits per heavy atom. The first-order valence-corrected chi connectivity index (χ1v) is 10.2. The fourth-order valence-corrected chi connectivity index (χ4v) is 2.90. The van der Waals surface area contributed by atoms with E-state index in [0.717, 1.165) is 37.2 Å². The van der Waals surface area contributed by atoms with Crippen LogP contribution in [0.1, 0.15) is 46.0 Å². The third kappa shape index (κ3) is 17.3. The van der Waals surface area contributed by atoms with E-state index in [0.29, 0.717) is 6.42 Å². The summed E-state index contributed by atoms with van der Waals surface area (Å²) in [7, 11) is 0. The van der Waals surface area contributed by atoms with Crippen LogP contribution in [0.5, 0.6) is 0 Å². The lowest BCUT2D eigenvalue weighted by Gasteiger charge is -2.03. The van der Waals surface area contributed by atoms with E-state index in [1.54, 1.807) is 34.3 Å². The maximum absolute atomic E-state index is 11.4. The number of hydrogen-bond acceptors (Lipinski definition) is 6. The van der Waals surface area contributed by atoms with Crippen LogP contribution in [-0.2, 0) is 19.1 Å². The smallest absolute Gasteiger partial charge is 0.331 e. The highest BCUT2D eigenvalue weighted by Gasteiger charge is 1.99. The highest BCUT2D eigenvalue weighted by atomic mass is 32.2. The molecule has 0 aromatic rings. The lowest BCUT2D eigenvalue weighted by molar-refractivity contribution is -0.140. The van der Waals surface area contributed by atoms with Crippen LogP contribution in [-0.4, -0.2) is 36.7 Å². The Kier molecular flexibility index (Phi) is 16.8. The number of carbonyl (C=O) groups is 2. The van der Waals surface area contributed by atoms with Gasteiger partial charge in [-0.15, -0.1) is 23.5 Å². The molecule has 0 saturated carbocycles. The normalized spacial score (nSPS) is 11.2. The van der Waals surface area contributed by atoms with Gasteiger partial charge in [-0.05, 0) is 35.2 Å². The molecule has 0 aliphatic heterocycles. The van der Waals surface area contributed by atoms with E-state index in [9.17, 15) is 9.59 Å². The number of carbonyl (C=O) groups excluding carboxylic acids is 2. The van der Waals surface area contributed by atoms with Crippen molar-refractivity contribution in [1.29, 1.82) is 0 Å². The second-order valence-corrected chi connectivity index (χ2v) is 6.77. The van der Waals surface area contributed by atoms with Crippen LogP contribution in [0.25, 0.3) is 0 Å². The van der Waals surface area contributed by atoms with Crippen LogP contribution in [0.15, 0.2) is 23.0 Å². The summed E-state index contributed by atoms with van der Waals surface area (Å²) in [5.74, 6) is 1.32. The molecule has 0 aliphatic carbocycles. The zero-order chi connectivity index (χ0) is 17.2. The van der Waals surface area contributed by atoms with Gasteiger partial charge in [0, 0.05) is 18.6 Å². The zero-order valence-electron chi connectivity index (χ0n) is 14.1. The number of ether oxygens (including phenoxy) is 2. The van der Waals surface area contributed by atoms with Crippen LogP contribution < -0.4 is 0 Å². The van der Waals surface area contributed by atoms with Crippen molar-refractivity contribution in [3.05, 3.63) is 23.0 Å². The molecular formula is C17H28O4S2. The van der Waals surface area contributed by atoms with Crippen molar-refractivity contribution in [3.8, 4) is 0 Å². The minimum absolute atomic E-state index is 0.255. The number of esters is 2. The predicted molar refractivity (Wildman–Crippen MR) is 99.5 cm³/mol. The molecule has 0 saturated heterocycles. The van der Waals surface area contributed by atoms with Gasteiger partial charge in [-0.3, -0.25) is 0 Å². The lowest BCUT2D eigenvalue weighted by atomic mass is 10.4. The molecule has 0 unspecified atom stereocenters. The Morgan fingerprint density at radius 1 is 0.783 bits per heavy atom. The van der Waals surface area contributed by atoms with E-state index in [4.69, 9.17) is 9.47 Å². The molecule has 0 N–H and O–H groups in total. The van der Waals surface area contributed by atoms with E-state index < -0.39 is 0 Å². The third-order valence-corrected chi connectivity index (χ3v) is 4.32. The largest absolute Gasteiger partial charge is 0.462 e. The van der Waals surface area contributed by atoms with Crippen LogP contribution in [0.2, 0.25) is 0 Å². The fourth-order valence-electron chi connectivity index (χ4n) is 1.30. The molecule has 23 heavy (non-hydrogen) atoms. The topological polar surface area (TPSA) is 52.6 Å². The molecule has 0 aromatic carbocycles. The summed E-state index contributed by atoms with van der Waals surface area (Å²) in [6.45, 7) is 4.77. The summed E-state index contributed by atoms with van der Waals surface area (Å²) in [6.07, 6.45) is 7.95. The van der Waals surface area contributed by atoms with Crippen molar-refractivity contribution in [2.24, 2.45) is 0 Å².